The molecule has 1 aliphatic carbocycles. The van der Waals surface area contributed by atoms with Crippen LogP contribution in [0.4, 0.5) is 5.69 Å². The maximum atomic E-state index is 12.0. The summed E-state index contributed by atoms with van der Waals surface area (Å²) in [5.41, 5.74) is 0.593. The molecule has 2 rings (SSSR count). The van der Waals surface area contributed by atoms with Crippen LogP contribution >= 0.6 is 0 Å². The Kier molecular flexibility index (Phi) is 4.65. The highest BCUT2D eigenvalue weighted by atomic mass is 32.2. The number of sulfone groups is 1. The molecule has 110 valence electrons. The summed E-state index contributed by atoms with van der Waals surface area (Å²) in [6, 6.07) is 6.84. The molecule has 0 saturated heterocycles. The van der Waals surface area contributed by atoms with Gasteiger partial charge < -0.3 is 10.6 Å². The number of carbonyl (C=O) groups excluding carboxylic acids is 1. The van der Waals surface area contributed by atoms with Crippen molar-refractivity contribution in [2.24, 2.45) is 5.92 Å². The highest BCUT2D eigenvalue weighted by Crippen LogP contribution is 2.28. The van der Waals surface area contributed by atoms with Crippen molar-refractivity contribution in [1.29, 1.82) is 0 Å². The van der Waals surface area contributed by atoms with Gasteiger partial charge in [-0.05, 0) is 25.0 Å². The van der Waals surface area contributed by atoms with Gasteiger partial charge in [0.05, 0.1) is 16.3 Å². The fourth-order valence-corrected chi connectivity index (χ4v) is 2.98. The van der Waals surface area contributed by atoms with Gasteiger partial charge in [0, 0.05) is 19.0 Å². The van der Waals surface area contributed by atoms with Gasteiger partial charge in [-0.15, -0.1) is 0 Å². The van der Waals surface area contributed by atoms with E-state index in [1.807, 2.05) is 0 Å². The molecule has 0 unspecified atom stereocenters. The summed E-state index contributed by atoms with van der Waals surface area (Å²) >= 11 is 0. The molecule has 1 aromatic rings. The third-order valence-corrected chi connectivity index (χ3v) is 5.08. The molecule has 0 aromatic heterocycles. The third kappa shape index (κ3) is 3.72. The monoisotopic (exact) mass is 296 g/mol. The van der Waals surface area contributed by atoms with Crippen LogP contribution in [-0.4, -0.2) is 33.2 Å². The highest BCUT2D eigenvalue weighted by Gasteiger charge is 2.28. The van der Waals surface area contributed by atoms with Crippen molar-refractivity contribution in [2.75, 3.05) is 24.2 Å². The minimum absolute atomic E-state index is 0.0735. The van der Waals surface area contributed by atoms with E-state index in [2.05, 4.69) is 10.6 Å². The van der Waals surface area contributed by atoms with E-state index >= 15 is 0 Å². The Morgan fingerprint density at radius 2 is 1.95 bits per heavy atom. The Morgan fingerprint density at radius 3 is 2.60 bits per heavy atom. The Balaban J connectivity index is 1.90. The van der Waals surface area contributed by atoms with E-state index in [9.17, 15) is 13.2 Å². The molecule has 0 bridgehead atoms. The number of hydrogen-bond donors (Lipinski definition) is 2. The number of anilines is 1. The highest BCUT2D eigenvalue weighted by molar-refractivity contribution is 7.91. The Hall–Kier alpha value is -1.56. The predicted molar refractivity (Wildman–Crippen MR) is 78.4 cm³/mol. The van der Waals surface area contributed by atoms with Crippen molar-refractivity contribution in [3.8, 4) is 0 Å². The van der Waals surface area contributed by atoms with Crippen LogP contribution in [0.25, 0.3) is 0 Å². The van der Waals surface area contributed by atoms with Crippen molar-refractivity contribution in [3.05, 3.63) is 24.3 Å². The summed E-state index contributed by atoms with van der Waals surface area (Å²) in [6.45, 7) is 2.63. The maximum Gasteiger partial charge on any atom is 0.223 e. The van der Waals surface area contributed by atoms with E-state index in [0.29, 0.717) is 23.7 Å². The van der Waals surface area contributed by atoms with E-state index in [1.165, 1.54) is 0 Å². The SMILES string of the molecule is CCS(=O)(=O)c1ccccc1NCCNC(=O)C1CC1. The van der Waals surface area contributed by atoms with Crippen molar-refractivity contribution < 1.29 is 13.2 Å². The first-order chi connectivity index (χ1) is 9.54. The Labute approximate surface area is 119 Å². The number of rotatable bonds is 7. The lowest BCUT2D eigenvalue weighted by atomic mass is 10.3. The molecule has 1 aromatic carbocycles. The average Bonchev–Trinajstić information content (AvgIpc) is 3.28. The lowest BCUT2D eigenvalue weighted by Crippen LogP contribution is -2.30. The van der Waals surface area contributed by atoms with Crippen LogP contribution in [0.5, 0.6) is 0 Å². The molecular weight excluding hydrogens is 276 g/mol. The molecule has 0 spiro atoms. The Bertz CT molecular complexity index is 580. The smallest absolute Gasteiger partial charge is 0.223 e. The van der Waals surface area contributed by atoms with E-state index < -0.39 is 9.84 Å². The number of benzene rings is 1. The quantitative estimate of drug-likeness (QED) is 0.746. The number of amides is 1. The molecule has 5 nitrogen and oxygen atoms in total. The van der Waals surface area contributed by atoms with Crippen LogP contribution < -0.4 is 10.6 Å². The van der Waals surface area contributed by atoms with Gasteiger partial charge in [0.15, 0.2) is 9.84 Å². The summed E-state index contributed by atoms with van der Waals surface area (Å²) < 4.78 is 23.9. The van der Waals surface area contributed by atoms with Gasteiger partial charge in [-0.25, -0.2) is 8.42 Å². The second-order valence-electron chi connectivity index (χ2n) is 4.89. The van der Waals surface area contributed by atoms with Crippen molar-refractivity contribution >= 4 is 21.4 Å². The molecular formula is C14H20N2O3S. The van der Waals surface area contributed by atoms with Crippen molar-refractivity contribution in [2.45, 2.75) is 24.7 Å². The molecule has 1 fully saturated rings. The molecule has 0 aliphatic heterocycles. The van der Waals surface area contributed by atoms with E-state index in [1.54, 1.807) is 31.2 Å². The molecule has 6 heteroatoms. The number of nitrogens with one attached hydrogen (secondary N) is 2. The number of hydrogen-bond acceptors (Lipinski definition) is 4. The molecule has 1 amide bonds. The summed E-state index contributed by atoms with van der Waals surface area (Å²) in [4.78, 5) is 11.8. The summed E-state index contributed by atoms with van der Waals surface area (Å²) in [7, 11) is -3.24. The Morgan fingerprint density at radius 1 is 1.25 bits per heavy atom. The molecule has 2 N–H and O–H groups in total. The summed E-state index contributed by atoms with van der Waals surface area (Å²) in [6.07, 6.45) is 1.97. The zero-order chi connectivity index (χ0) is 14.6. The van der Waals surface area contributed by atoms with Crippen molar-refractivity contribution in [3.63, 3.8) is 0 Å². The second-order valence-corrected chi connectivity index (χ2v) is 7.14. The average molecular weight is 296 g/mol. The predicted octanol–water partition coefficient (Wildman–Crippen LogP) is 1.42. The van der Waals surface area contributed by atoms with Crippen molar-refractivity contribution in [1.82, 2.24) is 5.32 Å². The largest absolute Gasteiger partial charge is 0.382 e. The van der Waals surface area contributed by atoms with E-state index in [4.69, 9.17) is 0 Å². The van der Waals surface area contributed by atoms with Crippen LogP contribution in [0.1, 0.15) is 19.8 Å². The lowest BCUT2D eigenvalue weighted by Gasteiger charge is -2.12. The van der Waals surface area contributed by atoms with Crippen LogP contribution in [0, 0.1) is 5.92 Å². The number of carbonyl (C=O) groups is 1. The van der Waals surface area contributed by atoms with E-state index in [-0.39, 0.29) is 17.6 Å². The molecule has 0 heterocycles. The minimum Gasteiger partial charge on any atom is -0.382 e. The fourth-order valence-electron chi connectivity index (χ4n) is 1.91. The first-order valence-corrected chi connectivity index (χ1v) is 8.53. The fraction of sp³-hybridized carbons (Fsp3) is 0.500. The van der Waals surface area contributed by atoms with E-state index in [0.717, 1.165) is 12.8 Å². The van der Waals surface area contributed by atoms with Crippen LogP contribution in [0.15, 0.2) is 29.2 Å². The van der Waals surface area contributed by atoms with Gasteiger partial charge in [0.1, 0.15) is 0 Å². The lowest BCUT2D eigenvalue weighted by molar-refractivity contribution is -0.122. The van der Waals surface area contributed by atoms with Gasteiger partial charge in [-0.2, -0.15) is 0 Å². The maximum absolute atomic E-state index is 12.0. The van der Waals surface area contributed by atoms with Crippen LogP contribution in [0.2, 0.25) is 0 Å². The zero-order valence-electron chi connectivity index (χ0n) is 11.6. The molecule has 0 radical (unpaired) electrons. The van der Waals surface area contributed by atoms with Crippen LogP contribution in [0.3, 0.4) is 0 Å². The standard InChI is InChI=1S/C14H20N2O3S/c1-2-20(18,19)13-6-4-3-5-12(13)15-9-10-16-14(17)11-7-8-11/h3-6,11,15H,2,7-10H2,1H3,(H,16,17). The topological polar surface area (TPSA) is 75.3 Å². The first kappa shape index (κ1) is 14.8. The van der Waals surface area contributed by atoms with Gasteiger partial charge in [0.2, 0.25) is 5.91 Å². The summed E-state index contributed by atoms with van der Waals surface area (Å²) in [5, 5.41) is 5.91. The molecule has 0 atom stereocenters. The molecule has 20 heavy (non-hydrogen) atoms. The normalized spacial score (nSPS) is 14.8. The second kappa shape index (κ2) is 6.26. The van der Waals surface area contributed by atoms with Gasteiger partial charge in [-0.3, -0.25) is 4.79 Å². The molecule has 1 aliphatic rings. The first-order valence-electron chi connectivity index (χ1n) is 6.88. The number of para-hydroxylation sites is 1. The van der Waals surface area contributed by atoms with Gasteiger partial charge >= 0.3 is 0 Å². The van der Waals surface area contributed by atoms with Crippen LogP contribution in [-0.2, 0) is 14.6 Å². The van der Waals surface area contributed by atoms with Gasteiger partial charge in [0.25, 0.3) is 0 Å². The van der Waals surface area contributed by atoms with Gasteiger partial charge in [-0.1, -0.05) is 19.1 Å². The third-order valence-electron chi connectivity index (χ3n) is 3.29. The molecule has 1 saturated carbocycles. The summed E-state index contributed by atoms with van der Waals surface area (Å²) in [5.74, 6) is 0.369. The minimum atomic E-state index is -3.24. The zero-order valence-corrected chi connectivity index (χ0v) is 12.4.